The van der Waals surface area contributed by atoms with Crippen molar-refractivity contribution in [1.29, 1.82) is 0 Å². The lowest BCUT2D eigenvalue weighted by Gasteiger charge is -2.13. The minimum absolute atomic E-state index is 0.113. The number of H-pyrrole nitrogens is 1. The molecule has 2 heterocycles. The van der Waals surface area contributed by atoms with Gasteiger partial charge in [0.05, 0.1) is 17.1 Å². The van der Waals surface area contributed by atoms with E-state index in [1.807, 2.05) is 30.5 Å². The number of aromatic nitrogens is 1. The summed E-state index contributed by atoms with van der Waals surface area (Å²) < 4.78 is 0. The highest BCUT2D eigenvalue weighted by atomic mass is 16.4. The van der Waals surface area contributed by atoms with Crippen LogP contribution >= 0.6 is 0 Å². The molecule has 25 heavy (non-hydrogen) atoms. The molecule has 6 heteroatoms. The van der Waals surface area contributed by atoms with E-state index in [4.69, 9.17) is 0 Å². The van der Waals surface area contributed by atoms with E-state index in [9.17, 15) is 19.5 Å². The molecule has 0 spiro atoms. The first-order chi connectivity index (χ1) is 12.1. The van der Waals surface area contributed by atoms with Crippen LogP contribution in [0.25, 0.3) is 10.9 Å². The van der Waals surface area contributed by atoms with Crippen molar-refractivity contribution in [2.75, 3.05) is 6.54 Å². The number of amides is 2. The van der Waals surface area contributed by atoms with Crippen molar-refractivity contribution in [2.45, 2.75) is 6.42 Å². The second kappa shape index (κ2) is 5.59. The molecule has 124 valence electrons. The summed E-state index contributed by atoms with van der Waals surface area (Å²) >= 11 is 0. The second-order valence-corrected chi connectivity index (χ2v) is 5.92. The fourth-order valence-corrected chi connectivity index (χ4v) is 3.19. The molecule has 1 aliphatic heterocycles. The highest BCUT2D eigenvalue weighted by molar-refractivity contribution is 6.21. The number of carbonyl (C=O) groups is 3. The number of para-hydroxylation sites is 1. The number of nitrogens with zero attached hydrogens (tertiary/aromatic N) is 1. The first-order valence-electron chi connectivity index (χ1n) is 7.83. The summed E-state index contributed by atoms with van der Waals surface area (Å²) in [4.78, 5) is 40.2. The van der Waals surface area contributed by atoms with Crippen LogP contribution in [0.4, 0.5) is 0 Å². The Kier molecular flexibility index (Phi) is 3.39. The maximum atomic E-state index is 12.5. The Morgan fingerprint density at radius 3 is 2.60 bits per heavy atom. The standard InChI is InChI=1S/C19H14N2O4/c22-17-14-6-5-11(19(24)25)9-15(14)18(23)21(17)8-7-12-10-20-16-4-2-1-3-13(12)16/h1-6,9-10,20H,7-8H2,(H,24,25)/p-1. The number of imide groups is 1. The minimum Gasteiger partial charge on any atom is -0.545 e. The predicted octanol–water partition coefficient (Wildman–Crippen LogP) is 1.37. The van der Waals surface area contributed by atoms with Gasteiger partial charge in [0.2, 0.25) is 0 Å². The van der Waals surface area contributed by atoms with E-state index in [-0.39, 0.29) is 23.2 Å². The van der Waals surface area contributed by atoms with E-state index in [1.165, 1.54) is 18.2 Å². The zero-order valence-corrected chi connectivity index (χ0v) is 13.1. The van der Waals surface area contributed by atoms with Crippen molar-refractivity contribution in [1.82, 2.24) is 9.88 Å². The van der Waals surface area contributed by atoms with Gasteiger partial charge in [-0.15, -0.1) is 0 Å². The molecule has 0 aliphatic carbocycles. The van der Waals surface area contributed by atoms with Crippen LogP contribution in [-0.2, 0) is 6.42 Å². The van der Waals surface area contributed by atoms with E-state index in [0.29, 0.717) is 6.42 Å². The van der Waals surface area contributed by atoms with E-state index < -0.39 is 17.8 Å². The van der Waals surface area contributed by atoms with Gasteiger partial charge in [-0.2, -0.15) is 0 Å². The number of carbonyl (C=O) groups excluding carboxylic acids is 3. The van der Waals surface area contributed by atoms with Gasteiger partial charge in [-0.05, 0) is 35.7 Å². The van der Waals surface area contributed by atoms with Gasteiger partial charge in [0, 0.05) is 23.6 Å². The molecule has 0 saturated heterocycles. The van der Waals surface area contributed by atoms with Gasteiger partial charge in [-0.1, -0.05) is 24.3 Å². The number of hydrogen-bond donors (Lipinski definition) is 1. The lowest BCUT2D eigenvalue weighted by molar-refractivity contribution is -0.255. The molecule has 2 aromatic carbocycles. The molecule has 0 bridgehead atoms. The number of nitrogens with one attached hydrogen (secondary N) is 1. The van der Waals surface area contributed by atoms with Gasteiger partial charge in [0.15, 0.2) is 0 Å². The average Bonchev–Trinajstić information content (AvgIpc) is 3.13. The first kappa shape index (κ1) is 15.1. The Labute approximate surface area is 142 Å². The molecule has 0 fully saturated rings. The molecule has 0 atom stereocenters. The number of aromatic amines is 1. The molecule has 2 amide bonds. The number of aromatic carboxylic acids is 1. The van der Waals surface area contributed by atoms with E-state index in [2.05, 4.69) is 4.98 Å². The zero-order chi connectivity index (χ0) is 17.6. The molecule has 1 aromatic heterocycles. The quantitative estimate of drug-likeness (QED) is 0.730. The molecule has 6 nitrogen and oxygen atoms in total. The molecule has 4 rings (SSSR count). The second-order valence-electron chi connectivity index (χ2n) is 5.92. The summed E-state index contributed by atoms with van der Waals surface area (Å²) in [5.74, 6) is -2.24. The lowest BCUT2D eigenvalue weighted by atomic mass is 10.1. The molecular formula is C19H13N2O4-. The topological polar surface area (TPSA) is 93.3 Å². The van der Waals surface area contributed by atoms with Crippen molar-refractivity contribution >= 4 is 28.7 Å². The Balaban J connectivity index is 1.58. The Morgan fingerprint density at radius 1 is 1.04 bits per heavy atom. The van der Waals surface area contributed by atoms with Crippen molar-refractivity contribution in [3.05, 3.63) is 70.9 Å². The summed E-state index contributed by atoms with van der Waals surface area (Å²) in [7, 11) is 0. The number of hydrogen-bond acceptors (Lipinski definition) is 4. The van der Waals surface area contributed by atoms with Crippen LogP contribution in [0.5, 0.6) is 0 Å². The molecular weight excluding hydrogens is 320 g/mol. The van der Waals surface area contributed by atoms with Gasteiger partial charge in [-0.3, -0.25) is 14.5 Å². The van der Waals surface area contributed by atoms with Gasteiger partial charge >= 0.3 is 0 Å². The third-order valence-electron chi connectivity index (χ3n) is 4.49. The van der Waals surface area contributed by atoms with Crippen LogP contribution in [-0.4, -0.2) is 34.2 Å². The third-order valence-corrected chi connectivity index (χ3v) is 4.49. The Hall–Kier alpha value is -3.41. The van der Waals surface area contributed by atoms with Crippen LogP contribution in [0.1, 0.15) is 36.6 Å². The maximum absolute atomic E-state index is 12.5. The summed E-state index contributed by atoms with van der Waals surface area (Å²) in [5.41, 5.74) is 2.25. The maximum Gasteiger partial charge on any atom is 0.261 e. The summed E-state index contributed by atoms with van der Waals surface area (Å²) in [6, 6.07) is 11.7. The summed E-state index contributed by atoms with van der Waals surface area (Å²) in [6.07, 6.45) is 2.39. The zero-order valence-electron chi connectivity index (χ0n) is 13.1. The monoisotopic (exact) mass is 333 g/mol. The van der Waals surface area contributed by atoms with Crippen molar-refractivity contribution in [2.24, 2.45) is 0 Å². The normalized spacial score (nSPS) is 13.5. The molecule has 1 N–H and O–H groups in total. The third kappa shape index (κ3) is 2.39. The molecule has 0 radical (unpaired) electrons. The van der Waals surface area contributed by atoms with Gasteiger partial charge in [0.1, 0.15) is 0 Å². The Bertz CT molecular complexity index is 1030. The Morgan fingerprint density at radius 2 is 1.80 bits per heavy atom. The van der Waals surface area contributed by atoms with Crippen LogP contribution in [0.3, 0.4) is 0 Å². The van der Waals surface area contributed by atoms with E-state index in [0.717, 1.165) is 21.4 Å². The SMILES string of the molecule is O=C([O-])c1ccc2c(c1)C(=O)N(CCc1c[nH]c3ccccc13)C2=O. The molecule has 1 aliphatic rings. The minimum atomic E-state index is -1.37. The van der Waals surface area contributed by atoms with E-state index >= 15 is 0 Å². The molecule has 0 saturated carbocycles. The van der Waals surface area contributed by atoms with Crippen LogP contribution in [0.2, 0.25) is 0 Å². The highest BCUT2D eigenvalue weighted by Crippen LogP contribution is 2.25. The van der Waals surface area contributed by atoms with Crippen LogP contribution < -0.4 is 5.11 Å². The van der Waals surface area contributed by atoms with E-state index in [1.54, 1.807) is 0 Å². The summed E-state index contributed by atoms with van der Waals surface area (Å²) in [5, 5.41) is 12.0. The fraction of sp³-hybridized carbons (Fsp3) is 0.105. The fourth-order valence-electron chi connectivity index (χ4n) is 3.19. The number of rotatable bonds is 4. The lowest BCUT2D eigenvalue weighted by Crippen LogP contribution is -2.31. The number of fused-ring (bicyclic) bond motifs is 2. The van der Waals surface area contributed by atoms with Crippen LogP contribution in [0, 0.1) is 0 Å². The van der Waals surface area contributed by atoms with Gasteiger partial charge in [-0.25, -0.2) is 0 Å². The van der Waals surface area contributed by atoms with Gasteiger partial charge in [0.25, 0.3) is 11.8 Å². The number of carboxylic acid groups (broad SMARTS) is 1. The molecule has 3 aromatic rings. The largest absolute Gasteiger partial charge is 0.545 e. The van der Waals surface area contributed by atoms with Crippen molar-refractivity contribution in [3.8, 4) is 0 Å². The first-order valence-corrected chi connectivity index (χ1v) is 7.83. The summed E-state index contributed by atoms with van der Waals surface area (Å²) in [6.45, 7) is 0.231. The van der Waals surface area contributed by atoms with Crippen LogP contribution in [0.15, 0.2) is 48.7 Å². The van der Waals surface area contributed by atoms with Gasteiger partial charge < -0.3 is 14.9 Å². The highest BCUT2D eigenvalue weighted by Gasteiger charge is 2.35. The predicted molar refractivity (Wildman–Crippen MR) is 88.1 cm³/mol. The van der Waals surface area contributed by atoms with Crippen molar-refractivity contribution < 1.29 is 19.5 Å². The molecule has 0 unspecified atom stereocenters. The number of benzene rings is 2. The average molecular weight is 333 g/mol. The smallest absolute Gasteiger partial charge is 0.261 e. The van der Waals surface area contributed by atoms with Crippen molar-refractivity contribution in [3.63, 3.8) is 0 Å². The number of carboxylic acids is 1.